The summed E-state index contributed by atoms with van der Waals surface area (Å²) in [7, 11) is 0. The molecular weight excluding hydrogens is 430 g/mol. The van der Waals surface area contributed by atoms with Crippen molar-refractivity contribution in [3.05, 3.63) is 35.5 Å². The van der Waals surface area contributed by atoms with Crippen molar-refractivity contribution in [1.29, 1.82) is 0 Å². The minimum absolute atomic E-state index is 0.0205. The third-order valence-corrected chi connectivity index (χ3v) is 5.61. The van der Waals surface area contributed by atoms with Crippen molar-refractivity contribution in [1.82, 2.24) is 4.90 Å². The van der Waals surface area contributed by atoms with Crippen molar-refractivity contribution < 1.29 is 33.8 Å². The highest BCUT2D eigenvalue weighted by Gasteiger charge is 2.57. The molecule has 0 aromatic heterocycles. The average Bonchev–Trinajstić information content (AvgIpc) is 3.06. The van der Waals surface area contributed by atoms with Crippen molar-refractivity contribution in [2.45, 2.75) is 46.3 Å². The average molecular weight is 459 g/mol. The Hall–Kier alpha value is -3.40. The number of amides is 2. The number of nitrogens with one attached hydrogen (secondary N) is 1. The van der Waals surface area contributed by atoms with Crippen LogP contribution < -0.4 is 11.1 Å². The zero-order valence-corrected chi connectivity index (χ0v) is 19.1. The molecule has 0 radical (unpaired) electrons. The van der Waals surface area contributed by atoms with Gasteiger partial charge in [-0.15, -0.1) is 0 Å². The summed E-state index contributed by atoms with van der Waals surface area (Å²) >= 11 is 0. The molecule has 2 amide bonds. The number of aliphatic hydroxyl groups excluding tert-OH is 1. The molecule has 2 aliphatic rings. The van der Waals surface area contributed by atoms with E-state index in [9.17, 15) is 24.3 Å². The summed E-state index contributed by atoms with van der Waals surface area (Å²) in [6, 6.07) is 6.59. The van der Waals surface area contributed by atoms with Crippen LogP contribution in [-0.4, -0.2) is 59.2 Å². The molecule has 0 aliphatic carbocycles. The lowest BCUT2D eigenvalue weighted by Gasteiger charge is -2.44. The van der Waals surface area contributed by atoms with Crippen LogP contribution in [0.1, 0.15) is 39.7 Å². The Labute approximate surface area is 191 Å². The number of anilines is 1. The van der Waals surface area contributed by atoms with E-state index in [0.29, 0.717) is 23.2 Å². The van der Waals surface area contributed by atoms with Gasteiger partial charge in [0.2, 0.25) is 18.6 Å². The fourth-order valence-corrected chi connectivity index (χ4v) is 3.92. The molecule has 0 unspecified atom stereocenters. The molecule has 0 saturated carbocycles. The Bertz CT molecular complexity index is 992. The molecule has 10 nitrogen and oxygen atoms in total. The molecule has 10 heteroatoms. The molecule has 3 atom stereocenters. The minimum atomic E-state index is -0.858. The maximum absolute atomic E-state index is 12.9. The first kappa shape index (κ1) is 24.2. The first-order valence-electron chi connectivity index (χ1n) is 10.6. The summed E-state index contributed by atoms with van der Waals surface area (Å²) < 4.78 is 10.2. The highest BCUT2D eigenvalue weighted by molar-refractivity contribution is 6.06. The van der Waals surface area contributed by atoms with Crippen molar-refractivity contribution in [3.63, 3.8) is 0 Å². The van der Waals surface area contributed by atoms with E-state index in [1.807, 2.05) is 0 Å². The molecule has 0 spiro atoms. The van der Waals surface area contributed by atoms with Gasteiger partial charge in [0.1, 0.15) is 5.70 Å². The van der Waals surface area contributed by atoms with Gasteiger partial charge in [-0.05, 0) is 57.4 Å². The van der Waals surface area contributed by atoms with Gasteiger partial charge < -0.3 is 30.5 Å². The maximum Gasteiger partial charge on any atom is 0.358 e. The van der Waals surface area contributed by atoms with Gasteiger partial charge in [-0.25, -0.2) is 4.79 Å². The van der Waals surface area contributed by atoms with Crippen LogP contribution in [0, 0.1) is 11.3 Å². The van der Waals surface area contributed by atoms with Crippen LogP contribution in [0.4, 0.5) is 5.69 Å². The Balaban J connectivity index is 1.82. The quantitative estimate of drug-likeness (QED) is 0.296. The molecule has 4 N–H and O–H groups in total. The zero-order chi connectivity index (χ0) is 24.5. The smallest absolute Gasteiger partial charge is 0.358 e. The highest BCUT2D eigenvalue weighted by atomic mass is 16.7. The number of primary amides is 1. The summed E-state index contributed by atoms with van der Waals surface area (Å²) in [6.07, 6.45) is -0.495. The van der Waals surface area contributed by atoms with Gasteiger partial charge in [0, 0.05) is 5.69 Å². The molecule has 178 valence electrons. The number of ether oxygens (including phenoxy) is 2. The molecule has 1 fully saturated rings. The second kappa shape index (κ2) is 9.22. The third kappa shape index (κ3) is 5.00. The van der Waals surface area contributed by atoms with E-state index in [1.165, 1.54) is 4.90 Å². The lowest BCUT2D eigenvalue weighted by atomic mass is 9.82. The standard InChI is InChI=1S/C23H29N3O7/c1-12(27)18-16-9-15(13-5-7-14(8-6-13)25-10-17(24)28)19(26(16)20(18)29)21(30)32-11-33-22(31)23(2,3)4/h5-8,12,16,18,25,27H,9-11H2,1-4H3,(H2,24,28)/t12-,16-,18-/m1/s1. The first-order valence-corrected chi connectivity index (χ1v) is 10.6. The number of nitrogens with two attached hydrogens (primary N) is 1. The van der Waals surface area contributed by atoms with Gasteiger partial charge in [-0.2, -0.15) is 0 Å². The monoisotopic (exact) mass is 459 g/mol. The van der Waals surface area contributed by atoms with Gasteiger partial charge in [0.15, 0.2) is 0 Å². The van der Waals surface area contributed by atoms with Crippen molar-refractivity contribution in [2.75, 3.05) is 18.7 Å². The lowest BCUT2D eigenvalue weighted by Crippen LogP contribution is -2.61. The number of hydrogen-bond acceptors (Lipinski definition) is 8. The number of carbonyl (C=O) groups excluding carboxylic acids is 4. The van der Waals surface area contributed by atoms with Crippen LogP contribution in [0.5, 0.6) is 0 Å². The molecule has 3 rings (SSSR count). The van der Waals surface area contributed by atoms with E-state index in [-0.39, 0.29) is 24.2 Å². The van der Waals surface area contributed by atoms with Crippen LogP contribution in [0.25, 0.3) is 5.57 Å². The van der Waals surface area contributed by atoms with E-state index >= 15 is 0 Å². The lowest BCUT2D eigenvalue weighted by molar-refractivity contribution is -0.175. The van der Waals surface area contributed by atoms with Crippen molar-refractivity contribution in [2.24, 2.45) is 17.1 Å². The fourth-order valence-electron chi connectivity index (χ4n) is 3.92. The number of benzene rings is 1. The number of fused-ring (bicyclic) bond motifs is 1. The summed E-state index contributed by atoms with van der Waals surface area (Å²) in [5.41, 5.74) is 6.40. The second-order valence-corrected chi connectivity index (χ2v) is 9.20. The van der Waals surface area contributed by atoms with Gasteiger partial charge in [0.05, 0.1) is 30.0 Å². The van der Waals surface area contributed by atoms with Gasteiger partial charge in [-0.1, -0.05) is 12.1 Å². The van der Waals surface area contributed by atoms with Crippen LogP contribution >= 0.6 is 0 Å². The molecule has 33 heavy (non-hydrogen) atoms. The van der Waals surface area contributed by atoms with Crippen LogP contribution in [0.2, 0.25) is 0 Å². The van der Waals surface area contributed by atoms with Gasteiger partial charge in [0.25, 0.3) is 0 Å². The number of esters is 2. The molecule has 1 aromatic carbocycles. The van der Waals surface area contributed by atoms with Crippen molar-refractivity contribution in [3.8, 4) is 0 Å². The Kier molecular flexibility index (Phi) is 6.78. The van der Waals surface area contributed by atoms with Crippen LogP contribution in [0.3, 0.4) is 0 Å². The zero-order valence-electron chi connectivity index (χ0n) is 19.1. The number of β-lactam (4-membered cyclic amide) rings is 1. The number of rotatable bonds is 8. The minimum Gasteiger partial charge on any atom is -0.427 e. The summed E-state index contributed by atoms with van der Waals surface area (Å²) in [5, 5.41) is 12.9. The number of carbonyl (C=O) groups is 4. The van der Waals surface area contributed by atoms with E-state index in [4.69, 9.17) is 15.2 Å². The largest absolute Gasteiger partial charge is 0.427 e. The van der Waals surface area contributed by atoms with E-state index in [1.54, 1.807) is 52.0 Å². The van der Waals surface area contributed by atoms with Gasteiger partial charge >= 0.3 is 11.9 Å². The topological polar surface area (TPSA) is 148 Å². The van der Waals surface area contributed by atoms with Crippen LogP contribution in [-0.2, 0) is 28.7 Å². The fraction of sp³-hybridized carbons (Fsp3) is 0.478. The maximum atomic E-state index is 12.9. The number of hydrogen-bond donors (Lipinski definition) is 3. The number of aliphatic hydroxyl groups is 1. The van der Waals surface area contributed by atoms with Gasteiger partial charge in [-0.3, -0.25) is 14.4 Å². The number of nitrogens with zero attached hydrogens (tertiary/aromatic N) is 1. The highest BCUT2D eigenvalue weighted by Crippen LogP contribution is 2.47. The van der Waals surface area contributed by atoms with Crippen molar-refractivity contribution >= 4 is 35.0 Å². The molecular formula is C23H29N3O7. The van der Waals surface area contributed by atoms with E-state index < -0.39 is 42.1 Å². The van der Waals surface area contributed by atoms with E-state index in [0.717, 1.165) is 0 Å². The summed E-state index contributed by atoms with van der Waals surface area (Å²) in [5.74, 6) is -2.78. The Morgan fingerprint density at radius 2 is 1.85 bits per heavy atom. The Morgan fingerprint density at radius 3 is 2.39 bits per heavy atom. The van der Waals surface area contributed by atoms with Crippen LogP contribution in [0.15, 0.2) is 30.0 Å². The third-order valence-electron chi connectivity index (χ3n) is 5.61. The van der Waals surface area contributed by atoms with E-state index in [2.05, 4.69) is 5.32 Å². The predicted molar refractivity (Wildman–Crippen MR) is 118 cm³/mol. The molecule has 1 aromatic rings. The normalized spacial score (nSPS) is 20.6. The Morgan fingerprint density at radius 1 is 1.21 bits per heavy atom. The summed E-state index contributed by atoms with van der Waals surface area (Å²) in [6.45, 7) is 5.98. The second-order valence-electron chi connectivity index (χ2n) is 9.20. The molecule has 0 bridgehead atoms. The molecule has 1 saturated heterocycles. The molecule has 2 heterocycles. The first-order chi connectivity index (χ1) is 15.4. The molecule has 2 aliphatic heterocycles. The SMILES string of the molecule is C[C@@H](O)[C@H]1C(=O)N2C(C(=O)OCOC(=O)C(C)(C)C)=C(c3ccc(NCC(N)=O)cc3)C[C@H]12. The predicted octanol–water partition coefficient (Wildman–Crippen LogP) is 0.996. The summed E-state index contributed by atoms with van der Waals surface area (Å²) in [4.78, 5) is 49.8.